The number of benzene rings is 1. The third kappa shape index (κ3) is 3.64. The molecule has 0 saturated heterocycles. The van der Waals surface area contributed by atoms with Gasteiger partial charge in [-0.2, -0.15) is 0 Å². The molecule has 92 valence electrons. The van der Waals surface area contributed by atoms with Gasteiger partial charge in [-0.15, -0.1) is 0 Å². The molecule has 0 aliphatic rings. The minimum Gasteiger partial charge on any atom is -0.468 e. The van der Waals surface area contributed by atoms with Crippen LogP contribution in [0.4, 0.5) is 5.69 Å². The molecule has 0 unspecified atom stereocenters. The molecule has 0 aromatic heterocycles. The second kappa shape index (κ2) is 6.10. The normalized spacial score (nSPS) is 9.59. The molecule has 1 amide bonds. The first-order chi connectivity index (χ1) is 8.08. The van der Waals surface area contributed by atoms with Gasteiger partial charge in [0.15, 0.2) is 0 Å². The summed E-state index contributed by atoms with van der Waals surface area (Å²) in [5, 5.41) is 5.63. The Morgan fingerprint density at radius 1 is 1.41 bits per heavy atom. The lowest BCUT2D eigenvalue weighted by atomic mass is 10.2. The molecule has 17 heavy (non-hydrogen) atoms. The van der Waals surface area contributed by atoms with Crippen molar-refractivity contribution in [2.45, 2.75) is 0 Å². The van der Waals surface area contributed by atoms with Gasteiger partial charge in [0, 0.05) is 12.7 Å². The zero-order valence-corrected chi connectivity index (χ0v) is 10.3. The second-order valence-corrected chi connectivity index (χ2v) is 3.61. The first kappa shape index (κ1) is 13.3. The van der Waals surface area contributed by atoms with E-state index in [-0.39, 0.29) is 18.4 Å². The molecule has 1 aromatic carbocycles. The first-order valence-corrected chi connectivity index (χ1v) is 5.28. The lowest BCUT2D eigenvalue weighted by molar-refractivity contribution is -0.138. The monoisotopic (exact) mass is 256 g/mol. The van der Waals surface area contributed by atoms with Crippen molar-refractivity contribution >= 4 is 29.2 Å². The number of rotatable bonds is 4. The number of nitrogens with one attached hydrogen (secondary N) is 2. The predicted molar refractivity (Wildman–Crippen MR) is 65.3 cm³/mol. The van der Waals surface area contributed by atoms with E-state index in [1.807, 2.05) is 0 Å². The number of hydrogen-bond donors (Lipinski definition) is 2. The molecule has 0 bridgehead atoms. The van der Waals surface area contributed by atoms with E-state index >= 15 is 0 Å². The van der Waals surface area contributed by atoms with Crippen molar-refractivity contribution in [3.63, 3.8) is 0 Å². The Kier molecular flexibility index (Phi) is 4.78. The summed E-state index contributed by atoms with van der Waals surface area (Å²) in [7, 11) is 2.84. The number of esters is 1. The summed E-state index contributed by atoms with van der Waals surface area (Å²) in [6, 6.07) is 4.83. The van der Waals surface area contributed by atoms with Gasteiger partial charge in [-0.25, -0.2) is 0 Å². The van der Waals surface area contributed by atoms with Crippen LogP contribution in [0, 0.1) is 0 Å². The highest BCUT2D eigenvalue weighted by Crippen LogP contribution is 2.20. The fourth-order valence-corrected chi connectivity index (χ4v) is 1.46. The Morgan fingerprint density at radius 3 is 2.65 bits per heavy atom. The Bertz CT molecular complexity index is 435. The van der Waals surface area contributed by atoms with Crippen molar-refractivity contribution in [2.75, 3.05) is 26.0 Å². The third-order valence-corrected chi connectivity index (χ3v) is 2.42. The standard InChI is InChI=1S/C11H13ClN2O3/c1-13-11(16)8-4-3-7(5-9(8)12)14-6-10(15)17-2/h3-5,14H,6H2,1-2H3,(H,13,16). The molecular formula is C11H13ClN2O3. The van der Waals surface area contributed by atoms with Gasteiger partial charge >= 0.3 is 5.97 Å². The van der Waals surface area contributed by atoms with Crippen molar-refractivity contribution in [3.05, 3.63) is 28.8 Å². The van der Waals surface area contributed by atoms with E-state index in [2.05, 4.69) is 15.4 Å². The minimum atomic E-state index is -0.378. The van der Waals surface area contributed by atoms with Crippen LogP contribution in [0.5, 0.6) is 0 Å². The van der Waals surface area contributed by atoms with Gasteiger partial charge in [-0.05, 0) is 18.2 Å². The van der Waals surface area contributed by atoms with Crippen LogP contribution in [0.15, 0.2) is 18.2 Å². The summed E-state index contributed by atoms with van der Waals surface area (Å²) >= 11 is 5.94. The first-order valence-electron chi connectivity index (χ1n) is 4.90. The van der Waals surface area contributed by atoms with E-state index in [1.165, 1.54) is 14.2 Å². The van der Waals surface area contributed by atoms with Gasteiger partial charge in [0.1, 0.15) is 6.54 Å². The Morgan fingerprint density at radius 2 is 2.12 bits per heavy atom. The molecule has 0 fully saturated rings. The van der Waals surface area contributed by atoms with Crippen molar-refractivity contribution in [1.82, 2.24) is 5.32 Å². The van der Waals surface area contributed by atoms with E-state index in [0.717, 1.165) is 0 Å². The number of carbonyl (C=O) groups excluding carboxylic acids is 2. The molecule has 0 radical (unpaired) electrons. The van der Waals surface area contributed by atoms with E-state index in [4.69, 9.17) is 11.6 Å². The molecule has 2 N–H and O–H groups in total. The molecule has 0 heterocycles. The van der Waals surface area contributed by atoms with Gasteiger partial charge in [-0.3, -0.25) is 9.59 Å². The topological polar surface area (TPSA) is 67.4 Å². The van der Waals surface area contributed by atoms with E-state index in [0.29, 0.717) is 16.3 Å². The number of halogens is 1. The number of carbonyl (C=O) groups is 2. The smallest absolute Gasteiger partial charge is 0.325 e. The molecule has 0 aliphatic heterocycles. The van der Waals surface area contributed by atoms with Crippen LogP contribution >= 0.6 is 11.6 Å². The minimum absolute atomic E-state index is 0.0478. The van der Waals surface area contributed by atoms with Gasteiger partial charge in [-0.1, -0.05) is 11.6 Å². The maximum absolute atomic E-state index is 11.4. The van der Waals surface area contributed by atoms with Crippen molar-refractivity contribution in [2.24, 2.45) is 0 Å². The maximum Gasteiger partial charge on any atom is 0.325 e. The quantitative estimate of drug-likeness (QED) is 0.797. The molecule has 6 heteroatoms. The van der Waals surface area contributed by atoms with Crippen LogP contribution in [0.2, 0.25) is 5.02 Å². The Balaban J connectivity index is 2.75. The number of hydrogen-bond acceptors (Lipinski definition) is 4. The van der Waals surface area contributed by atoms with Crippen LogP contribution in [-0.2, 0) is 9.53 Å². The predicted octanol–water partition coefficient (Wildman–Crippen LogP) is 1.28. The third-order valence-electron chi connectivity index (χ3n) is 2.11. The number of methoxy groups -OCH3 is 1. The van der Waals surface area contributed by atoms with Gasteiger partial charge < -0.3 is 15.4 Å². The summed E-state index contributed by atoms with van der Waals surface area (Å²) < 4.78 is 4.48. The summed E-state index contributed by atoms with van der Waals surface area (Å²) in [6.45, 7) is 0.0478. The van der Waals surface area contributed by atoms with E-state index in [1.54, 1.807) is 18.2 Å². The lowest BCUT2D eigenvalue weighted by Crippen LogP contribution is -2.18. The van der Waals surface area contributed by atoms with Gasteiger partial charge in [0.25, 0.3) is 5.91 Å². The average molecular weight is 257 g/mol. The number of ether oxygens (including phenoxy) is 1. The molecule has 0 atom stereocenters. The SMILES string of the molecule is CNC(=O)c1ccc(NCC(=O)OC)cc1Cl. The van der Waals surface area contributed by atoms with Crippen LogP contribution in [0.3, 0.4) is 0 Å². The summed E-state index contributed by atoms with van der Waals surface area (Å²) in [4.78, 5) is 22.3. The van der Waals surface area contributed by atoms with Crippen LogP contribution in [0.1, 0.15) is 10.4 Å². The molecule has 1 rings (SSSR count). The zero-order valence-electron chi connectivity index (χ0n) is 9.54. The van der Waals surface area contributed by atoms with Gasteiger partial charge in [0.05, 0.1) is 17.7 Å². The van der Waals surface area contributed by atoms with Crippen molar-refractivity contribution < 1.29 is 14.3 Å². The fraction of sp³-hybridized carbons (Fsp3) is 0.273. The largest absolute Gasteiger partial charge is 0.468 e. The molecular weight excluding hydrogens is 244 g/mol. The molecule has 5 nitrogen and oxygen atoms in total. The van der Waals surface area contributed by atoms with Crippen LogP contribution in [-0.4, -0.2) is 32.6 Å². The summed E-state index contributed by atoms with van der Waals surface area (Å²) in [5.41, 5.74) is 1.03. The highest BCUT2D eigenvalue weighted by atomic mass is 35.5. The fourth-order valence-electron chi connectivity index (χ4n) is 1.19. The average Bonchev–Trinajstić information content (AvgIpc) is 2.35. The molecule has 0 spiro atoms. The zero-order chi connectivity index (χ0) is 12.8. The summed E-state index contributed by atoms with van der Waals surface area (Å²) in [5.74, 6) is -0.633. The highest BCUT2D eigenvalue weighted by Gasteiger charge is 2.09. The van der Waals surface area contributed by atoms with Crippen LogP contribution < -0.4 is 10.6 Å². The Labute approximate surface area is 104 Å². The number of amides is 1. The lowest BCUT2D eigenvalue weighted by Gasteiger charge is -2.08. The van der Waals surface area contributed by atoms with Crippen molar-refractivity contribution in [1.29, 1.82) is 0 Å². The highest BCUT2D eigenvalue weighted by molar-refractivity contribution is 6.34. The van der Waals surface area contributed by atoms with Gasteiger partial charge in [0.2, 0.25) is 0 Å². The number of anilines is 1. The van der Waals surface area contributed by atoms with Crippen LogP contribution in [0.25, 0.3) is 0 Å². The molecule has 0 saturated carbocycles. The summed E-state index contributed by atoms with van der Waals surface area (Å²) in [6.07, 6.45) is 0. The van der Waals surface area contributed by atoms with E-state index in [9.17, 15) is 9.59 Å². The Hall–Kier alpha value is -1.75. The molecule has 1 aromatic rings. The second-order valence-electron chi connectivity index (χ2n) is 3.20. The van der Waals surface area contributed by atoms with Crippen molar-refractivity contribution in [3.8, 4) is 0 Å². The molecule has 0 aliphatic carbocycles. The maximum atomic E-state index is 11.4. The van der Waals surface area contributed by atoms with E-state index < -0.39 is 0 Å².